The lowest BCUT2D eigenvalue weighted by atomic mass is 10.0. The van der Waals surface area contributed by atoms with Crippen molar-refractivity contribution in [1.82, 2.24) is 15.2 Å². The summed E-state index contributed by atoms with van der Waals surface area (Å²) in [4.78, 5) is 6.62. The highest BCUT2D eigenvalue weighted by Gasteiger charge is 2.40. The average Bonchev–Trinajstić information content (AvgIpc) is 3.29. The molecule has 27 heavy (non-hydrogen) atoms. The van der Waals surface area contributed by atoms with Crippen LogP contribution in [0.1, 0.15) is 30.5 Å². The van der Waals surface area contributed by atoms with Crippen LogP contribution in [0.3, 0.4) is 0 Å². The maximum atomic E-state index is 6.21. The van der Waals surface area contributed by atoms with Gasteiger partial charge in [0.25, 0.3) is 0 Å². The van der Waals surface area contributed by atoms with Crippen molar-refractivity contribution in [1.29, 1.82) is 0 Å². The summed E-state index contributed by atoms with van der Waals surface area (Å²) < 4.78 is 6.21. The fourth-order valence-electron chi connectivity index (χ4n) is 3.37. The molecule has 0 unspecified atom stereocenters. The van der Waals surface area contributed by atoms with Crippen LogP contribution in [0.4, 0.5) is 0 Å². The molecule has 0 spiro atoms. The lowest BCUT2D eigenvalue weighted by molar-refractivity contribution is 0.284. The predicted molar refractivity (Wildman–Crippen MR) is 112 cm³/mol. The van der Waals surface area contributed by atoms with Crippen molar-refractivity contribution in [2.24, 2.45) is 0 Å². The minimum Gasteiger partial charge on any atom is -0.459 e. The zero-order valence-electron chi connectivity index (χ0n) is 14.5. The van der Waals surface area contributed by atoms with Gasteiger partial charge in [0, 0.05) is 18.3 Å². The van der Waals surface area contributed by atoms with E-state index in [2.05, 4.69) is 22.1 Å². The van der Waals surface area contributed by atoms with Gasteiger partial charge in [0.15, 0.2) is 5.11 Å². The van der Waals surface area contributed by atoms with Crippen molar-refractivity contribution in [3.8, 4) is 11.3 Å². The Kier molecular flexibility index (Phi) is 5.08. The topological polar surface area (TPSA) is 41.3 Å². The lowest BCUT2D eigenvalue weighted by Crippen LogP contribution is -2.29. The predicted octanol–water partition coefficient (Wildman–Crippen LogP) is 5.64. The number of halogens is 2. The van der Waals surface area contributed by atoms with E-state index in [1.165, 1.54) is 0 Å². The van der Waals surface area contributed by atoms with E-state index >= 15 is 0 Å². The summed E-state index contributed by atoms with van der Waals surface area (Å²) in [7, 11) is 0. The second kappa shape index (κ2) is 7.50. The summed E-state index contributed by atoms with van der Waals surface area (Å²) in [5.74, 6) is 1.55. The third-order valence-electron chi connectivity index (χ3n) is 4.66. The van der Waals surface area contributed by atoms with Crippen molar-refractivity contribution >= 4 is 40.5 Å². The Bertz CT molecular complexity index is 976. The van der Waals surface area contributed by atoms with Crippen molar-refractivity contribution in [3.05, 3.63) is 76.2 Å². The van der Waals surface area contributed by atoms with Gasteiger partial charge in [0.1, 0.15) is 17.6 Å². The van der Waals surface area contributed by atoms with Crippen LogP contribution in [0.25, 0.3) is 11.3 Å². The fraction of sp³-hybridized carbons (Fsp3) is 0.200. The van der Waals surface area contributed by atoms with Crippen LogP contribution in [0, 0.1) is 0 Å². The maximum absolute atomic E-state index is 6.21. The summed E-state index contributed by atoms with van der Waals surface area (Å²) in [6.07, 6.45) is 1.79. The number of benzene rings is 1. The second-order valence-electron chi connectivity index (χ2n) is 6.24. The average molecular weight is 418 g/mol. The van der Waals surface area contributed by atoms with E-state index in [0.717, 1.165) is 29.3 Å². The number of furan rings is 1. The number of nitrogens with one attached hydrogen (secondary N) is 1. The molecule has 3 aromatic rings. The molecule has 2 aromatic heterocycles. The summed E-state index contributed by atoms with van der Waals surface area (Å²) in [5.41, 5.74) is 1.80. The normalized spacial score (nSPS) is 19.4. The Labute approximate surface area is 173 Å². The zero-order valence-corrected chi connectivity index (χ0v) is 16.9. The van der Waals surface area contributed by atoms with Crippen molar-refractivity contribution in [2.75, 3.05) is 6.54 Å². The minimum atomic E-state index is -0.0774. The quantitative estimate of drug-likeness (QED) is 0.556. The molecule has 1 N–H and O–H groups in total. The Balaban J connectivity index is 1.72. The largest absolute Gasteiger partial charge is 0.459 e. The van der Waals surface area contributed by atoms with Gasteiger partial charge >= 0.3 is 0 Å². The Morgan fingerprint density at radius 3 is 2.70 bits per heavy atom. The molecule has 0 bridgehead atoms. The van der Waals surface area contributed by atoms with E-state index in [-0.39, 0.29) is 12.1 Å². The number of likely N-dealkylation sites (N-methyl/N-ethyl adjacent to an activating group) is 1. The van der Waals surface area contributed by atoms with Crippen LogP contribution < -0.4 is 5.32 Å². The van der Waals surface area contributed by atoms with Crippen LogP contribution in [0.2, 0.25) is 10.0 Å². The first-order valence-electron chi connectivity index (χ1n) is 8.61. The van der Waals surface area contributed by atoms with E-state index in [1.807, 2.05) is 36.4 Å². The number of nitrogens with zero attached hydrogens (tertiary/aromatic N) is 2. The molecule has 7 heteroatoms. The van der Waals surface area contributed by atoms with Crippen molar-refractivity contribution in [2.45, 2.75) is 19.0 Å². The number of rotatable bonds is 4. The number of pyridine rings is 1. The van der Waals surface area contributed by atoms with Crippen LogP contribution in [0.5, 0.6) is 0 Å². The molecule has 0 saturated carbocycles. The van der Waals surface area contributed by atoms with E-state index in [0.29, 0.717) is 15.2 Å². The SMILES string of the molecule is CCN1C(=S)N[C@H](c2ccccn2)[C@H]1c1ccc(-c2ccc(Cl)c(Cl)c2)o1. The van der Waals surface area contributed by atoms with E-state index < -0.39 is 0 Å². The molecule has 0 radical (unpaired) electrons. The molecule has 0 aliphatic carbocycles. The first-order valence-corrected chi connectivity index (χ1v) is 9.78. The molecule has 4 rings (SSSR count). The highest BCUT2D eigenvalue weighted by atomic mass is 35.5. The van der Waals surface area contributed by atoms with Gasteiger partial charge in [-0.2, -0.15) is 0 Å². The van der Waals surface area contributed by atoms with E-state index in [9.17, 15) is 0 Å². The summed E-state index contributed by atoms with van der Waals surface area (Å²) in [5, 5.41) is 5.10. The molecule has 138 valence electrons. The highest BCUT2D eigenvalue weighted by Crippen LogP contribution is 2.40. The molecule has 3 heterocycles. The molecule has 4 nitrogen and oxygen atoms in total. The molecular formula is C20H17Cl2N3OS. The van der Waals surface area contributed by atoms with Gasteiger partial charge in [-0.1, -0.05) is 29.3 Å². The van der Waals surface area contributed by atoms with Crippen LogP contribution >= 0.6 is 35.4 Å². The minimum absolute atomic E-state index is 0.0751. The molecule has 1 aromatic carbocycles. The van der Waals surface area contributed by atoms with Crippen molar-refractivity contribution < 1.29 is 4.42 Å². The zero-order chi connectivity index (χ0) is 19.0. The van der Waals surface area contributed by atoms with Gasteiger partial charge in [-0.15, -0.1) is 0 Å². The monoisotopic (exact) mass is 417 g/mol. The Morgan fingerprint density at radius 2 is 2.00 bits per heavy atom. The lowest BCUT2D eigenvalue weighted by Gasteiger charge is -2.24. The Hall–Kier alpha value is -2.08. The number of thiocarbonyl (C=S) groups is 1. The van der Waals surface area contributed by atoms with Crippen LogP contribution in [-0.2, 0) is 0 Å². The molecule has 1 aliphatic heterocycles. The summed E-state index contributed by atoms with van der Waals surface area (Å²) in [6, 6.07) is 15.1. The van der Waals surface area contributed by atoms with E-state index in [4.69, 9.17) is 39.8 Å². The van der Waals surface area contributed by atoms with Gasteiger partial charge in [-0.05, 0) is 61.6 Å². The second-order valence-corrected chi connectivity index (χ2v) is 7.44. The molecule has 0 amide bonds. The van der Waals surface area contributed by atoms with Gasteiger partial charge < -0.3 is 14.6 Å². The maximum Gasteiger partial charge on any atom is 0.170 e. The molecule has 1 aliphatic rings. The van der Waals surface area contributed by atoms with Gasteiger partial charge in [0.05, 0.1) is 21.8 Å². The summed E-state index contributed by atoms with van der Waals surface area (Å²) in [6.45, 7) is 2.84. The van der Waals surface area contributed by atoms with Gasteiger partial charge in [-0.25, -0.2) is 0 Å². The highest BCUT2D eigenvalue weighted by molar-refractivity contribution is 7.80. The molecular weight excluding hydrogens is 401 g/mol. The first kappa shape index (κ1) is 18.3. The first-order chi connectivity index (χ1) is 13.1. The molecule has 1 saturated heterocycles. The molecule has 1 fully saturated rings. The van der Waals surface area contributed by atoms with E-state index in [1.54, 1.807) is 18.3 Å². The van der Waals surface area contributed by atoms with Crippen LogP contribution in [0.15, 0.2) is 59.1 Å². The fourth-order valence-corrected chi connectivity index (χ4v) is 4.04. The smallest absolute Gasteiger partial charge is 0.170 e. The third kappa shape index (κ3) is 3.43. The van der Waals surface area contributed by atoms with Gasteiger partial charge in [-0.3, -0.25) is 4.98 Å². The number of hydrogen-bond donors (Lipinski definition) is 1. The molecule has 2 atom stereocenters. The third-order valence-corrected chi connectivity index (χ3v) is 5.75. The standard InChI is InChI=1S/C20H17Cl2N3OS/c1-2-25-19(18(24-20(25)27)15-5-3-4-10-23-15)17-9-8-16(26-17)12-6-7-13(21)14(22)11-12/h3-11,18-19H,2H2,1H3,(H,24,27)/t18-,19-/m1/s1. The number of hydrogen-bond acceptors (Lipinski definition) is 3. The van der Waals surface area contributed by atoms with Crippen molar-refractivity contribution in [3.63, 3.8) is 0 Å². The Morgan fingerprint density at radius 1 is 1.15 bits per heavy atom. The summed E-state index contributed by atoms with van der Waals surface area (Å²) >= 11 is 17.7. The number of aromatic nitrogens is 1. The van der Waals surface area contributed by atoms with Crippen LogP contribution in [-0.4, -0.2) is 21.5 Å². The van der Waals surface area contributed by atoms with Gasteiger partial charge in [0.2, 0.25) is 0 Å².